The number of aliphatic hydroxyl groups is 1. The largest absolute Gasteiger partial charge is 0.393 e. The van der Waals surface area contributed by atoms with Crippen molar-refractivity contribution in [3.63, 3.8) is 0 Å². The van der Waals surface area contributed by atoms with Gasteiger partial charge in [0.25, 0.3) is 0 Å². The fourth-order valence-electron chi connectivity index (χ4n) is 3.35. The summed E-state index contributed by atoms with van der Waals surface area (Å²) in [6, 6.07) is 10.6. The Balaban J connectivity index is 1.55. The molecule has 86 valence electrons. The van der Waals surface area contributed by atoms with E-state index in [0.29, 0.717) is 5.92 Å². The second-order valence-corrected chi connectivity index (χ2v) is 5.33. The average molecular weight is 217 g/mol. The highest BCUT2D eigenvalue weighted by Crippen LogP contribution is 2.53. The molecule has 2 nitrogen and oxygen atoms in total. The van der Waals surface area contributed by atoms with Gasteiger partial charge in [-0.2, -0.15) is 0 Å². The van der Waals surface area contributed by atoms with Gasteiger partial charge in [0, 0.05) is 19.6 Å². The molecule has 3 rings (SSSR count). The van der Waals surface area contributed by atoms with Crippen LogP contribution in [0, 0.1) is 17.8 Å². The standard InChI is InChI=1S/C14H19NO/c1-10(16)14-12-8-15(9-13(12)14)7-11-5-3-2-4-6-11/h2-6,10,12-14,16H,7-9H2,1H3/t10-,12-,13+,14?/m1/s1. The molecule has 1 aliphatic heterocycles. The molecule has 1 aromatic rings. The normalized spacial score (nSPS) is 34.8. The zero-order valence-electron chi connectivity index (χ0n) is 9.71. The van der Waals surface area contributed by atoms with Gasteiger partial charge in [0.1, 0.15) is 0 Å². The van der Waals surface area contributed by atoms with Crippen LogP contribution in [0.25, 0.3) is 0 Å². The molecular weight excluding hydrogens is 198 g/mol. The number of likely N-dealkylation sites (tertiary alicyclic amines) is 1. The molecule has 1 saturated heterocycles. The van der Waals surface area contributed by atoms with Crippen molar-refractivity contribution in [3.8, 4) is 0 Å². The summed E-state index contributed by atoms with van der Waals surface area (Å²) in [5.74, 6) is 2.12. The minimum Gasteiger partial charge on any atom is -0.393 e. The van der Waals surface area contributed by atoms with Crippen molar-refractivity contribution in [1.82, 2.24) is 4.90 Å². The quantitative estimate of drug-likeness (QED) is 0.833. The molecule has 0 radical (unpaired) electrons. The van der Waals surface area contributed by atoms with Gasteiger partial charge >= 0.3 is 0 Å². The number of piperidine rings is 1. The van der Waals surface area contributed by atoms with E-state index in [9.17, 15) is 5.11 Å². The van der Waals surface area contributed by atoms with Crippen LogP contribution in [0.3, 0.4) is 0 Å². The fourth-order valence-corrected chi connectivity index (χ4v) is 3.35. The number of nitrogens with zero attached hydrogens (tertiary/aromatic N) is 1. The van der Waals surface area contributed by atoms with Crippen molar-refractivity contribution in [3.05, 3.63) is 35.9 Å². The van der Waals surface area contributed by atoms with E-state index in [0.717, 1.165) is 18.4 Å². The van der Waals surface area contributed by atoms with Crippen LogP contribution in [0.2, 0.25) is 0 Å². The highest BCUT2D eigenvalue weighted by Gasteiger charge is 2.57. The van der Waals surface area contributed by atoms with E-state index in [1.165, 1.54) is 18.7 Å². The topological polar surface area (TPSA) is 23.5 Å². The summed E-state index contributed by atoms with van der Waals surface area (Å²) in [6.07, 6.45) is -0.103. The van der Waals surface area contributed by atoms with E-state index in [1.807, 2.05) is 6.92 Å². The van der Waals surface area contributed by atoms with Crippen molar-refractivity contribution in [2.24, 2.45) is 17.8 Å². The van der Waals surface area contributed by atoms with Gasteiger partial charge in [-0.3, -0.25) is 4.90 Å². The predicted molar refractivity (Wildman–Crippen MR) is 63.9 cm³/mol. The van der Waals surface area contributed by atoms with E-state index in [2.05, 4.69) is 35.2 Å². The van der Waals surface area contributed by atoms with Crippen LogP contribution in [0.15, 0.2) is 30.3 Å². The first-order valence-electron chi connectivity index (χ1n) is 6.20. The maximum atomic E-state index is 9.56. The molecule has 0 bridgehead atoms. The lowest BCUT2D eigenvalue weighted by atomic mass is 10.1. The van der Waals surface area contributed by atoms with Gasteiger partial charge < -0.3 is 5.11 Å². The van der Waals surface area contributed by atoms with Crippen LogP contribution in [-0.4, -0.2) is 29.2 Å². The molecule has 1 N–H and O–H groups in total. The minimum atomic E-state index is -0.103. The maximum absolute atomic E-state index is 9.56. The van der Waals surface area contributed by atoms with E-state index in [-0.39, 0.29) is 6.10 Å². The minimum absolute atomic E-state index is 0.103. The molecule has 4 atom stereocenters. The second kappa shape index (κ2) is 3.86. The Morgan fingerprint density at radius 1 is 1.25 bits per heavy atom. The van der Waals surface area contributed by atoms with E-state index in [4.69, 9.17) is 0 Å². The highest BCUT2D eigenvalue weighted by molar-refractivity contribution is 5.16. The zero-order chi connectivity index (χ0) is 11.1. The zero-order valence-corrected chi connectivity index (χ0v) is 9.71. The molecule has 1 aromatic carbocycles. The molecule has 0 spiro atoms. The third-order valence-electron chi connectivity index (χ3n) is 4.14. The SMILES string of the molecule is C[C@@H](O)C1[C@H]2CN(Cc3ccccc3)C[C@@H]12. The molecule has 1 heterocycles. The fraction of sp³-hybridized carbons (Fsp3) is 0.571. The second-order valence-electron chi connectivity index (χ2n) is 5.33. The summed E-state index contributed by atoms with van der Waals surface area (Å²) in [5.41, 5.74) is 1.40. The Labute approximate surface area is 96.9 Å². The van der Waals surface area contributed by atoms with Crippen LogP contribution in [0.5, 0.6) is 0 Å². The van der Waals surface area contributed by atoms with Crippen molar-refractivity contribution in [1.29, 1.82) is 0 Å². The first kappa shape index (κ1) is 10.3. The van der Waals surface area contributed by atoms with Crippen molar-refractivity contribution < 1.29 is 5.11 Å². The van der Waals surface area contributed by atoms with Gasteiger partial charge in [0.05, 0.1) is 6.10 Å². The Hall–Kier alpha value is -0.860. The Morgan fingerprint density at radius 2 is 1.88 bits per heavy atom. The van der Waals surface area contributed by atoms with Crippen LogP contribution in [0.1, 0.15) is 12.5 Å². The first-order valence-corrected chi connectivity index (χ1v) is 6.20. The average Bonchev–Trinajstić information content (AvgIpc) is 2.79. The van der Waals surface area contributed by atoms with Crippen LogP contribution >= 0.6 is 0 Å². The summed E-state index contributed by atoms with van der Waals surface area (Å²) < 4.78 is 0. The molecule has 0 aromatic heterocycles. The van der Waals surface area contributed by atoms with Gasteiger partial charge in [-0.15, -0.1) is 0 Å². The summed E-state index contributed by atoms with van der Waals surface area (Å²) in [5, 5.41) is 9.56. The van der Waals surface area contributed by atoms with E-state index >= 15 is 0 Å². The smallest absolute Gasteiger partial charge is 0.0546 e. The van der Waals surface area contributed by atoms with Gasteiger partial charge in [-0.25, -0.2) is 0 Å². The van der Waals surface area contributed by atoms with E-state index in [1.54, 1.807) is 0 Å². The number of fused-ring (bicyclic) bond motifs is 1. The molecule has 16 heavy (non-hydrogen) atoms. The summed E-state index contributed by atoms with van der Waals surface area (Å²) in [4.78, 5) is 2.52. The number of hydrogen-bond donors (Lipinski definition) is 1. The van der Waals surface area contributed by atoms with Crippen LogP contribution in [-0.2, 0) is 6.54 Å². The van der Waals surface area contributed by atoms with Crippen LogP contribution < -0.4 is 0 Å². The van der Waals surface area contributed by atoms with E-state index < -0.39 is 0 Å². The molecule has 0 amide bonds. The molecule has 1 unspecified atom stereocenters. The van der Waals surface area contributed by atoms with Gasteiger partial charge in [-0.1, -0.05) is 30.3 Å². The molecule has 2 aliphatic rings. The summed E-state index contributed by atoms with van der Waals surface area (Å²) in [6.45, 7) is 5.36. The predicted octanol–water partition coefficient (Wildman–Crippen LogP) is 1.75. The Morgan fingerprint density at radius 3 is 2.44 bits per heavy atom. The van der Waals surface area contributed by atoms with Gasteiger partial charge in [0.15, 0.2) is 0 Å². The summed E-state index contributed by atoms with van der Waals surface area (Å²) in [7, 11) is 0. The maximum Gasteiger partial charge on any atom is 0.0546 e. The molecule has 1 aliphatic carbocycles. The number of benzene rings is 1. The molecular formula is C14H19NO. The number of hydrogen-bond acceptors (Lipinski definition) is 2. The highest BCUT2D eigenvalue weighted by atomic mass is 16.3. The van der Waals surface area contributed by atoms with Gasteiger partial charge in [0.2, 0.25) is 0 Å². The lowest BCUT2D eigenvalue weighted by molar-refractivity contribution is 0.139. The lowest BCUT2D eigenvalue weighted by Gasteiger charge is -2.20. The van der Waals surface area contributed by atoms with Crippen molar-refractivity contribution >= 4 is 0 Å². The molecule has 2 fully saturated rings. The third kappa shape index (κ3) is 1.76. The first-order chi connectivity index (χ1) is 7.75. The van der Waals surface area contributed by atoms with Crippen molar-refractivity contribution in [2.45, 2.75) is 19.6 Å². The molecule has 2 heteroatoms. The van der Waals surface area contributed by atoms with Crippen molar-refractivity contribution in [2.75, 3.05) is 13.1 Å². The van der Waals surface area contributed by atoms with Gasteiger partial charge in [-0.05, 0) is 30.2 Å². The number of rotatable bonds is 3. The molecule has 1 saturated carbocycles. The third-order valence-corrected chi connectivity index (χ3v) is 4.14. The summed E-state index contributed by atoms with van der Waals surface area (Å²) >= 11 is 0. The lowest BCUT2D eigenvalue weighted by Crippen LogP contribution is -2.26. The van der Waals surface area contributed by atoms with Crippen LogP contribution in [0.4, 0.5) is 0 Å². The Bertz CT molecular complexity index is 350. The Kier molecular flexibility index (Phi) is 2.49. The monoisotopic (exact) mass is 217 g/mol. The number of aliphatic hydroxyl groups excluding tert-OH is 1.